The minimum atomic E-state index is -4.94. The van der Waals surface area contributed by atoms with Crippen LogP contribution in [0.2, 0.25) is 0 Å². The highest BCUT2D eigenvalue weighted by Crippen LogP contribution is 2.37. The molecule has 32 heavy (non-hydrogen) atoms. The van der Waals surface area contributed by atoms with Gasteiger partial charge in [0.15, 0.2) is 0 Å². The van der Waals surface area contributed by atoms with Crippen molar-refractivity contribution >= 4 is 33.2 Å². The molecule has 0 aliphatic rings. The monoisotopic (exact) mass is 468 g/mol. The van der Waals surface area contributed by atoms with Crippen molar-refractivity contribution in [2.45, 2.75) is 18.0 Å². The molecule has 0 bridgehead atoms. The summed E-state index contributed by atoms with van der Waals surface area (Å²) < 4.78 is 72.5. The smallest absolute Gasteiger partial charge is 0.366 e. The van der Waals surface area contributed by atoms with Gasteiger partial charge in [-0.15, -0.1) is 0 Å². The number of aromatic nitrogens is 1. The van der Waals surface area contributed by atoms with E-state index in [-0.39, 0.29) is 27.5 Å². The Balaban J connectivity index is 1.91. The number of benzene rings is 2. The Labute approximate surface area is 179 Å². The number of hydrogen-bond donors (Lipinski definition) is 3. The van der Waals surface area contributed by atoms with Crippen molar-refractivity contribution in [3.8, 4) is 0 Å². The first-order chi connectivity index (χ1) is 14.9. The second kappa shape index (κ2) is 8.34. The van der Waals surface area contributed by atoms with E-state index in [1.54, 1.807) is 0 Å². The molecule has 0 saturated heterocycles. The Kier molecular flexibility index (Phi) is 5.94. The minimum Gasteiger partial charge on any atom is -0.366 e. The number of primary amides is 1. The van der Waals surface area contributed by atoms with E-state index >= 15 is 0 Å². The third-order valence-corrected chi connectivity index (χ3v) is 5.65. The van der Waals surface area contributed by atoms with Crippen LogP contribution in [0.1, 0.15) is 32.0 Å². The van der Waals surface area contributed by atoms with Gasteiger partial charge in [0.25, 0.3) is 15.9 Å². The highest BCUT2D eigenvalue weighted by molar-refractivity contribution is 7.92. The fourth-order valence-electron chi connectivity index (χ4n) is 2.66. The number of aryl methyl sites for hydroxylation is 1. The molecule has 0 spiro atoms. The van der Waals surface area contributed by atoms with E-state index in [2.05, 4.69) is 10.5 Å². The maximum absolute atomic E-state index is 13.6. The van der Waals surface area contributed by atoms with Crippen LogP contribution in [0.25, 0.3) is 0 Å². The summed E-state index contributed by atoms with van der Waals surface area (Å²) in [6.45, 7) is 1.46. The van der Waals surface area contributed by atoms with Crippen LogP contribution in [-0.2, 0) is 16.2 Å². The van der Waals surface area contributed by atoms with E-state index in [0.29, 0.717) is 6.07 Å². The zero-order valence-electron chi connectivity index (χ0n) is 16.2. The van der Waals surface area contributed by atoms with Gasteiger partial charge in [-0.3, -0.25) is 14.3 Å². The molecular weight excluding hydrogens is 453 g/mol. The van der Waals surface area contributed by atoms with Crippen molar-refractivity contribution in [2.24, 2.45) is 5.73 Å². The molecular formula is C19H15F3N4O5S. The fourth-order valence-corrected chi connectivity index (χ4v) is 3.74. The van der Waals surface area contributed by atoms with E-state index in [0.717, 1.165) is 42.6 Å². The molecule has 1 aromatic heterocycles. The van der Waals surface area contributed by atoms with E-state index < -0.39 is 39.3 Å². The summed E-state index contributed by atoms with van der Waals surface area (Å²) in [6.07, 6.45) is -3.83. The number of anilines is 2. The fraction of sp³-hybridized carbons (Fsp3) is 0.105. The molecule has 3 rings (SSSR count). The Morgan fingerprint density at radius 2 is 1.75 bits per heavy atom. The SMILES string of the molecule is Cc1oncc1C(=O)Nc1ccc(NS(=O)(=O)c2ccc(C(N)=O)cc2)c(C(F)(F)F)c1. The van der Waals surface area contributed by atoms with Crippen LogP contribution < -0.4 is 15.8 Å². The van der Waals surface area contributed by atoms with Crippen LogP contribution in [0.15, 0.2) is 58.1 Å². The van der Waals surface area contributed by atoms with E-state index in [1.165, 1.54) is 6.92 Å². The molecule has 3 aromatic rings. The molecule has 2 aromatic carbocycles. The van der Waals surface area contributed by atoms with Crippen LogP contribution in [0.5, 0.6) is 0 Å². The van der Waals surface area contributed by atoms with Crippen molar-refractivity contribution in [1.29, 1.82) is 0 Å². The van der Waals surface area contributed by atoms with E-state index in [1.807, 2.05) is 4.72 Å². The predicted molar refractivity (Wildman–Crippen MR) is 106 cm³/mol. The van der Waals surface area contributed by atoms with Crippen LogP contribution in [0.4, 0.5) is 24.5 Å². The van der Waals surface area contributed by atoms with Crippen LogP contribution >= 0.6 is 0 Å². The number of sulfonamides is 1. The van der Waals surface area contributed by atoms with Crippen LogP contribution in [-0.4, -0.2) is 25.4 Å². The van der Waals surface area contributed by atoms with Gasteiger partial charge in [0.05, 0.1) is 22.3 Å². The third kappa shape index (κ3) is 4.88. The molecule has 0 aliphatic carbocycles. The molecule has 0 atom stereocenters. The Morgan fingerprint density at radius 3 is 2.28 bits per heavy atom. The Bertz CT molecular complexity index is 1290. The molecule has 4 N–H and O–H groups in total. The van der Waals surface area contributed by atoms with E-state index in [9.17, 15) is 31.2 Å². The number of hydrogen-bond acceptors (Lipinski definition) is 6. The summed E-state index contributed by atoms with van der Waals surface area (Å²) in [4.78, 5) is 22.9. The predicted octanol–water partition coefficient (Wildman–Crippen LogP) is 3.15. The quantitative estimate of drug-likeness (QED) is 0.507. The summed E-state index contributed by atoms with van der Waals surface area (Å²) in [6, 6.07) is 6.89. The summed E-state index contributed by atoms with van der Waals surface area (Å²) in [5.74, 6) is -1.37. The van der Waals surface area contributed by atoms with Crippen molar-refractivity contribution in [3.63, 3.8) is 0 Å². The Morgan fingerprint density at radius 1 is 1.09 bits per heavy atom. The molecule has 0 saturated carbocycles. The summed E-state index contributed by atoms with van der Waals surface area (Å²) >= 11 is 0. The number of halogens is 3. The first-order valence-corrected chi connectivity index (χ1v) is 10.2. The largest absolute Gasteiger partial charge is 0.418 e. The topological polar surface area (TPSA) is 144 Å². The number of rotatable bonds is 6. The number of amides is 2. The summed E-state index contributed by atoms with van der Waals surface area (Å²) in [5.41, 5.74) is 2.84. The maximum Gasteiger partial charge on any atom is 0.418 e. The van der Waals surface area contributed by atoms with Crippen molar-refractivity contribution in [1.82, 2.24) is 5.16 Å². The van der Waals surface area contributed by atoms with Crippen molar-refractivity contribution in [3.05, 3.63) is 71.1 Å². The lowest BCUT2D eigenvalue weighted by atomic mass is 10.1. The lowest BCUT2D eigenvalue weighted by Gasteiger charge is -2.16. The number of nitrogens with two attached hydrogens (primary N) is 1. The van der Waals surface area contributed by atoms with Gasteiger partial charge >= 0.3 is 6.18 Å². The zero-order valence-corrected chi connectivity index (χ0v) is 17.0. The van der Waals surface area contributed by atoms with Gasteiger partial charge in [-0.2, -0.15) is 13.2 Å². The highest BCUT2D eigenvalue weighted by atomic mass is 32.2. The third-order valence-electron chi connectivity index (χ3n) is 4.27. The number of nitrogens with zero attached hydrogens (tertiary/aromatic N) is 1. The zero-order chi connectivity index (χ0) is 23.7. The number of carbonyl (C=O) groups is 2. The second-order valence-electron chi connectivity index (χ2n) is 6.50. The second-order valence-corrected chi connectivity index (χ2v) is 8.18. The molecule has 168 valence electrons. The van der Waals surface area contributed by atoms with Crippen molar-refractivity contribution < 1.29 is 35.7 Å². The molecule has 0 unspecified atom stereocenters. The van der Waals surface area contributed by atoms with Gasteiger partial charge in [-0.05, 0) is 49.4 Å². The molecule has 0 fully saturated rings. The molecule has 1 heterocycles. The lowest BCUT2D eigenvalue weighted by Crippen LogP contribution is -2.19. The average molecular weight is 468 g/mol. The maximum atomic E-state index is 13.6. The van der Waals surface area contributed by atoms with E-state index in [4.69, 9.17) is 10.3 Å². The van der Waals surface area contributed by atoms with Gasteiger partial charge in [-0.25, -0.2) is 8.42 Å². The van der Waals surface area contributed by atoms with Gasteiger partial charge in [0.2, 0.25) is 5.91 Å². The van der Waals surface area contributed by atoms with Gasteiger partial charge < -0.3 is 15.6 Å². The summed E-state index contributed by atoms with van der Waals surface area (Å²) in [5, 5.41) is 5.70. The molecule has 0 aliphatic heterocycles. The lowest BCUT2D eigenvalue weighted by molar-refractivity contribution is -0.136. The van der Waals surface area contributed by atoms with Gasteiger partial charge in [-0.1, -0.05) is 5.16 Å². The molecule has 9 nitrogen and oxygen atoms in total. The normalized spacial score (nSPS) is 11.8. The average Bonchev–Trinajstić information content (AvgIpc) is 3.14. The molecule has 13 heteroatoms. The standard InChI is InChI=1S/C19H15F3N4O5S/c1-10-14(9-24-31-10)18(28)25-12-4-7-16(15(8-12)19(20,21)22)26-32(29,30)13-5-2-11(3-6-13)17(23)27/h2-9,26H,1H3,(H2,23,27)(H,25,28). The molecule has 2 amide bonds. The number of nitrogens with one attached hydrogen (secondary N) is 2. The minimum absolute atomic E-state index is 0.0303. The first-order valence-electron chi connectivity index (χ1n) is 8.75. The first kappa shape index (κ1) is 22.8. The number of alkyl halides is 3. The summed E-state index contributed by atoms with van der Waals surface area (Å²) in [7, 11) is -4.43. The van der Waals surface area contributed by atoms with Crippen molar-refractivity contribution in [2.75, 3.05) is 10.0 Å². The van der Waals surface area contributed by atoms with Gasteiger partial charge in [0.1, 0.15) is 11.3 Å². The van der Waals surface area contributed by atoms with Crippen LogP contribution in [0.3, 0.4) is 0 Å². The number of carbonyl (C=O) groups excluding carboxylic acids is 2. The highest BCUT2D eigenvalue weighted by Gasteiger charge is 2.35. The Hall–Kier alpha value is -3.87. The molecule has 0 radical (unpaired) electrons. The van der Waals surface area contributed by atoms with Gasteiger partial charge in [0, 0.05) is 11.3 Å². The van der Waals surface area contributed by atoms with Crippen LogP contribution in [0, 0.1) is 6.92 Å².